The summed E-state index contributed by atoms with van der Waals surface area (Å²) < 4.78 is 6.13. The van der Waals surface area contributed by atoms with Crippen LogP contribution in [0.1, 0.15) is 34.0 Å². The number of hydrogen-bond donors (Lipinski definition) is 1. The minimum atomic E-state index is -0.410. The average molecular weight is 367 g/mol. The van der Waals surface area contributed by atoms with Crippen LogP contribution in [0.25, 0.3) is 10.1 Å². The van der Waals surface area contributed by atoms with Crippen molar-refractivity contribution in [3.8, 4) is 0 Å². The second-order valence-electron chi connectivity index (χ2n) is 6.18. The summed E-state index contributed by atoms with van der Waals surface area (Å²) in [5.74, 6) is -0.555. The molecule has 0 aliphatic heterocycles. The second kappa shape index (κ2) is 7.70. The number of anilines is 1. The van der Waals surface area contributed by atoms with Crippen LogP contribution in [0, 0.1) is 13.8 Å². The van der Waals surface area contributed by atoms with Gasteiger partial charge in [-0.25, -0.2) is 4.79 Å². The third kappa shape index (κ3) is 3.78. The van der Waals surface area contributed by atoms with Gasteiger partial charge in [-0.3, -0.25) is 4.79 Å². The molecule has 0 fully saturated rings. The molecular formula is C21H21NO3S. The quantitative estimate of drug-likeness (QED) is 0.654. The van der Waals surface area contributed by atoms with E-state index < -0.39 is 5.97 Å². The van der Waals surface area contributed by atoms with Crippen LogP contribution in [0.15, 0.2) is 42.5 Å². The number of thiophene rings is 1. The number of carbonyl (C=O) groups excluding carboxylic acids is 2. The molecule has 2 aromatic carbocycles. The molecule has 0 spiro atoms. The maximum atomic E-state index is 12.6. The molecule has 0 atom stereocenters. The number of hydrogen-bond acceptors (Lipinski definition) is 4. The molecular weight excluding hydrogens is 346 g/mol. The van der Waals surface area contributed by atoms with Crippen LogP contribution in [0.4, 0.5) is 5.00 Å². The topological polar surface area (TPSA) is 55.4 Å². The molecule has 26 heavy (non-hydrogen) atoms. The molecule has 0 unspecified atom stereocenters. The minimum Gasteiger partial charge on any atom is -0.462 e. The highest BCUT2D eigenvalue weighted by Crippen LogP contribution is 2.36. The van der Waals surface area contributed by atoms with Crippen molar-refractivity contribution >= 4 is 38.3 Å². The van der Waals surface area contributed by atoms with E-state index in [4.69, 9.17) is 4.74 Å². The zero-order valence-corrected chi connectivity index (χ0v) is 15.9. The van der Waals surface area contributed by atoms with Gasteiger partial charge in [0.15, 0.2) is 0 Å². The Labute approximate surface area is 156 Å². The van der Waals surface area contributed by atoms with Crippen LogP contribution in [-0.4, -0.2) is 18.5 Å². The van der Waals surface area contributed by atoms with Crippen molar-refractivity contribution in [2.75, 3.05) is 11.9 Å². The largest absolute Gasteiger partial charge is 0.462 e. The van der Waals surface area contributed by atoms with Crippen molar-refractivity contribution in [1.82, 2.24) is 0 Å². The number of carbonyl (C=O) groups is 2. The first kappa shape index (κ1) is 18.1. The number of ether oxygens (including phenoxy) is 1. The summed E-state index contributed by atoms with van der Waals surface area (Å²) in [7, 11) is 0. The first-order chi connectivity index (χ1) is 12.5. The van der Waals surface area contributed by atoms with Crippen LogP contribution in [0.5, 0.6) is 0 Å². The lowest BCUT2D eigenvalue weighted by molar-refractivity contribution is -0.115. The highest BCUT2D eigenvalue weighted by Gasteiger charge is 2.21. The normalized spacial score (nSPS) is 10.7. The van der Waals surface area contributed by atoms with Crippen molar-refractivity contribution in [2.24, 2.45) is 0 Å². The lowest BCUT2D eigenvalue weighted by Crippen LogP contribution is -2.16. The van der Waals surface area contributed by atoms with E-state index >= 15 is 0 Å². The van der Waals surface area contributed by atoms with Crippen molar-refractivity contribution in [3.05, 3.63) is 64.7 Å². The molecule has 1 N–H and O–H groups in total. The average Bonchev–Trinajstić information content (AvgIpc) is 2.95. The summed E-state index contributed by atoms with van der Waals surface area (Å²) in [6.07, 6.45) is 0.266. The van der Waals surface area contributed by atoms with E-state index in [2.05, 4.69) is 11.4 Å². The molecule has 4 nitrogen and oxygen atoms in total. The Kier molecular flexibility index (Phi) is 5.38. The Morgan fingerprint density at radius 3 is 2.62 bits per heavy atom. The Balaban J connectivity index is 1.89. The first-order valence-corrected chi connectivity index (χ1v) is 9.36. The second-order valence-corrected chi connectivity index (χ2v) is 7.23. The number of amides is 1. The fraction of sp³-hybridized carbons (Fsp3) is 0.238. The Morgan fingerprint density at radius 1 is 1.12 bits per heavy atom. The summed E-state index contributed by atoms with van der Waals surface area (Å²) in [4.78, 5) is 25.0. The molecule has 1 aromatic heterocycles. The lowest BCUT2D eigenvalue weighted by Gasteiger charge is -2.09. The standard InChI is InChI=1S/C21H21NO3S/c1-4-25-21(24)19-16-7-5-6-8-17(16)26-20(19)22-18(23)12-15-10-9-13(2)11-14(15)3/h5-11H,4,12H2,1-3H3,(H,22,23). The predicted octanol–water partition coefficient (Wildman–Crippen LogP) is 4.88. The summed E-state index contributed by atoms with van der Waals surface area (Å²) >= 11 is 1.39. The minimum absolute atomic E-state index is 0.144. The van der Waals surface area contributed by atoms with Gasteiger partial charge in [0.25, 0.3) is 0 Å². The summed E-state index contributed by atoms with van der Waals surface area (Å²) in [6, 6.07) is 13.6. The molecule has 3 aromatic rings. The fourth-order valence-electron chi connectivity index (χ4n) is 2.93. The van der Waals surface area contributed by atoms with Gasteiger partial charge in [-0.15, -0.1) is 11.3 Å². The molecule has 1 heterocycles. The molecule has 0 saturated carbocycles. The maximum Gasteiger partial charge on any atom is 0.341 e. The number of aryl methyl sites for hydroxylation is 2. The summed E-state index contributed by atoms with van der Waals surface area (Å²) in [5, 5.41) is 4.25. The number of fused-ring (bicyclic) bond motifs is 1. The number of rotatable bonds is 5. The van der Waals surface area contributed by atoms with E-state index in [0.717, 1.165) is 21.2 Å². The van der Waals surface area contributed by atoms with E-state index in [1.807, 2.05) is 50.2 Å². The predicted molar refractivity (Wildman–Crippen MR) is 106 cm³/mol. The maximum absolute atomic E-state index is 12.6. The molecule has 0 radical (unpaired) electrons. The SMILES string of the molecule is CCOC(=O)c1c(NC(=O)Cc2ccc(C)cc2C)sc2ccccc12. The Morgan fingerprint density at radius 2 is 1.88 bits per heavy atom. The van der Waals surface area contributed by atoms with Crippen LogP contribution >= 0.6 is 11.3 Å². The molecule has 0 saturated heterocycles. The van der Waals surface area contributed by atoms with Gasteiger partial charge in [0, 0.05) is 10.1 Å². The van der Waals surface area contributed by atoms with E-state index in [1.165, 1.54) is 16.9 Å². The first-order valence-electron chi connectivity index (χ1n) is 8.54. The molecule has 5 heteroatoms. The van der Waals surface area contributed by atoms with Crippen molar-refractivity contribution in [1.29, 1.82) is 0 Å². The van der Waals surface area contributed by atoms with Crippen LogP contribution < -0.4 is 5.32 Å². The van der Waals surface area contributed by atoms with Gasteiger partial charge in [-0.2, -0.15) is 0 Å². The molecule has 134 valence electrons. The van der Waals surface area contributed by atoms with Gasteiger partial charge in [-0.05, 0) is 38.0 Å². The van der Waals surface area contributed by atoms with Crippen LogP contribution in [0.3, 0.4) is 0 Å². The van der Waals surface area contributed by atoms with Gasteiger partial charge in [0.05, 0.1) is 13.0 Å². The highest BCUT2D eigenvalue weighted by atomic mass is 32.1. The molecule has 0 aliphatic rings. The molecule has 0 bridgehead atoms. The van der Waals surface area contributed by atoms with Gasteiger partial charge >= 0.3 is 5.97 Å². The van der Waals surface area contributed by atoms with Crippen LogP contribution in [0.2, 0.25) is 0 Å². The van der Waals surface area contributed by atoms with E-state index in [9.17, 15) is 9.59 Å². The third-order valence-corrected chi connectivity index (χ3v) is 5.26. The van der Waals surface area contributed by atoms with Crippen LogP contribution in [-0.2, 0) is 16.0 Å². The molecule has 1 amide bonds. The van der Waals surface area contributed by atoms with Crippen molar-refractivity contribution in [2.45, 2.75) is 27.2 Å². The smallest absolute Gasteiger partial charge is 0.341 e. The Hall–Kier alpha value is -2.66. The molecule has 0 aliphatic carbocycles. The zero-order chi connectivity index (χ0) is 18.7. The number of nitrogens with one attached hydrogen (secondary N) is 1. The monoisotopic (exact) mass is 367 g/mol. The van der Waals surface area contributed by atoms with E-state index in [0.29, 0.717) is 17.2 Å². The Bertz CT molecular complexity index is 975. The highest BCUT2D eigenvalue weighted by molar-refractivity contribution is 7.23. The molecule has 3 rings (SSSR count). The van der Waals surface area contributed by atoms with Gasteiger partial charge in [0.2, 0.25) is 5.91 Å². The van der Waals surface area contributed by atoms with Gasteiger partial charge in [0.1, 0.15) is 10.6 Å². The number of esters is 1. The van der Waals surface area contributed by atoms with E-state index in [1.54, 1.807) is 6.92 Å². The zero-order valence-electron chi connectivity index (χ0n) is 15.1. The van der Waals surface area contributed by atoms with Crippen molar-refractivity contribution < 1.29 is 14.3 Å². The fourth-order valence-corrected chi connectivity index (χ4v) is 4.03. The number of benzene rings is 2. The summed E-state index contributed by atoms with van der Waals surface area (Å²) in [6.45, 7) is 6.09. The summed E-state index contributed by atoms with van der Waals surface area (Å²) in [5.41, 5.74) is 3.66. The van der Waals surface area contributed by atoms with Crippen molar-refractivity contribution in [3.63, 3.8) is 0 Å². The van der Waals surface area contributed by atoms with E-state index in [-0.39, 0.29) is 12.3 Å². The van der Waals surface area contributed by atoms with Gasteiger partial charge < -0.3 is 10.1 Å². The van der Waals surface area contributed by atoms with Gasteiger partial charge in [-0.1, -0.05) is 42.0 Å². The lowest BCUT2D eigenvalue weighted by atomic mass is 10.0. The third-order valence-electron chi connectivity index (χ3n) is 4.18.